The maximum Gasteiger partial charge on any atom is 0.221 e. The van der Waals surface area contributed by atoms with Crippen LogP contribution in [-0.2, 0) is 11.3 Å². The third-order valence-electron chi connectivity index (χ3n) is 2.64. The Morgan fingerprint density at radius 2 is 2.11 bits per heavy atom. The van der Waals surface area contributed by atoms with Crippen molar-refractivity contribution in [2.45, 2.75) is 20.4 Å². The van der Waals surface area contributed by atoms with E-state index in [1.165, 1.54) is 6.92 Å². The fraction of sp³-hybridized carbons (Fsp3) is 0.214. The summed E-state index contributed by atoms with van der Waals surface area (Å²) in [7, 11) is 0. The highest BCUT2D eigenvalue weighted by molar-refractivity contribution is 9.10. The Labute approximate surface area is 120 Å². The van der Waals surface area contributed by atoms with Crippen molar-refractivity contribution in [3.05, 3.63) is 46.3 Å². The van der Waals surface area contributed by atoms with E-state index in [-0.39, 0.29) is 5.91 Å². The van der Waals surface area contributed by atoms with Gasteiger partial charge in [0.1, 0.15) is 5.76 Å². The minimum atomic E-state index is -0.0739. The molecule has 0 aliphatic carbocycles. The van der Waals surface area contributed by atoms with Gasteiger partial charge in [0, 0.05) is 18.3 Å². The molecule has 0 unspecified atom stereocenters. The highest BCUT2D eigenvalue weighted by Gasteiger charge is 2.03. The molecule has 0 spiro atoms. The molecule has 2 aromatic rings. The number of furan rings is 1. The third-order valence-corrected chi connectivity index (χ3v) is 3.07. The predicted molar refractivity (Wildman–Crippen MR) is 79.2 cm³/mol. The first-order valence-corrected chi connectivity index (χ1v) is 6.70. The summed E-state index contributed by atoms with van der Waals surface area (Å²) in [5.41, 5.74) is 2.78. The van der Waals surface area contributed by atoms with Crippen LogP contribution in [0.2, 0.25) is 0 Å². The molecule has 1 aromatic carbocycles. The van der Waals surface area contributed by atoms with Gasteiger partial charge >= 0.3 is 0 Å². The van der Waals surface area contributed by atoms with E-state index >= 15 is 0 Å². The molecule has 0 bridgehead atoms. The van der Waals surface area contributed by atoms with E-state index in [4.69, 9.17) is 4.42 Å². The van der Waals surface area contributed by atoms with E-state index in [0.717, 1.165) is 22.7 Å². The molecule has 0 saturated heterocycles. The number of halogens is 1. The van der Waals surface area contributed by atoms with Crippen molar-refractivity contribution in [1.82, 2.24) is 0 Å². The highest BCUT2D eigenvalue weighted by Crippen LogP contribution is 2.21. The molecular formula is C14H15BrN2O2. The van der Waals surface area contributed by atoms with Gasteiger partial charge in [0.2, 0.25) is 5.91 Å². The molecule has 100 valence electrons. The Hall–Kier alpha value is -1.75. The van der Waals surface area contributed by atoms with Gasteiger partial charge in [0.15, 0.2) is 4.67 Å². The molecule has 2 N–H and O–H groups in total. The van der Waals surface area contributed by atoms with Crippen LogP contribution in [0, 0.1) is 6.92 Å². The number of nitrogens with one attached hydrogen (secondary N) is 2. The van der Waals surface area contributed by atoms with Gasteiger partial charge in [-0.3, -0.25) is 4.79 Å². The minimum Gasteiger partial charge on any atom is -0.452 e. The van der Waals surface area contributed by atoms with Crippen molar-refractivity contribution in [2.24, 2.45) is 0 Å². The van der Waals surface area contributed by atoms with Crippen LogP contribution in [-0.4, -0.2) is 5.91 Å². The Morgan fingerprint density at radius 3 is 2.74 bits per heavy atom. The molecule has 1 amide bonds. The molecule has 0 aliphatic rings. The first-order valence-electron chi connectivity index (χ1n) is 5.91. The molecule has 0 fully saturated rings. The maximum atomic E-state index is 11.1. The van der Waals surface area contributed by atoms with Crippen LogP contribution < -0.4 is 10.6 Å². The highest BCUT2D eigenvalue weighted by atomic mass is 79.9. The van der Waals surface area contributed by atoms with Crippen LogP contribution >= 0.6 is 15.9 Å². The first kappa shape index (κ1) is 13.7. The van der Waals surface area contributed by atoms with E-state index in [9.17, 15) is 4.79 Å². The Bertz CT molecular complexity index is 593. The van der Waals surface area contributed by atoms with Crippen LogP contribution in [0.1, 0.15) is 18.2 Å². The summed E-state index contributed by atoms with van der Waals surface area (Å²) in [5.74, 6) is 0.767. The molecule has 5 heteroatoms. The van der Waals surface area contributed by atoms with Gasteiger partial charge in [-0.1, -0.05) is 6.07 Å². The topological polar surface area (TPSA) is 54.3 Å². The van der Waals surface area contributed by atoms with Crippen LogP contribution in [0.5, 0.6) is 0 Å². The number of aryl methyl sites for hydroxylation is 1. The molecule has 0 aliphatic heterocycles. The van der Waals surface area contributed by atoms with Crippen LogP contribution in [0.4, 0.5) is 11.4 Å². The predicted octanol–water partition coefficient (Wildman–Crippen LogP) is 3.92. The molecular weight excluding hydrogens is 308 g/mol. The zero-order valence-corrected chi connectivity index (χ0v) is 12.4. The molecule has 1 aromatic heterocycles. The number of benzene rings is 1. The van der Waals surface area contributed by atoms with E-state index in [1.54, 1.807) is 0 Å². The quantitative estimate of drug-likeness (QED) is 0.897. The van der Waals surface area contributed by atoms with Crippen LogP contribution in [0.3, 0.4) is 0 Å². The summed E-state index contributed by atoms with van der Waals surface area (Å²) < 4.78 is 6.12. The van der Waals surface area contributed by atoms with Gasteiger partial charge in [-0.2, -0.15) is 0 Å². The summed E-state index contributed by atoms with van der Waals surface area (Å²) >= 11 is 3.26. The van der Waals surface area contributed by atoms with Crippen molar-refractivity contribution in [3.63, 3.8) is 0 Å². The van der Waals surface area contributed by atoms with E-state index in [0.29, 0.717) is 11.2 Å². The SMILES string of the molecule is CC(=O)Nc1cc(NCc2ccc(Br)o2)ccc1C. The van der Waals surface area contributed by atoms with Crippen molar-refractivity contribution in [2.75, 3.05) is 10.6 Å². The summed E-state index contributed by atoms with van der Waals surface area (Å²) in [6.45, 7) is 4.05. The largest absolute Gasteiger partial charge is 0.452 e. The lowest BCUT2D eigenvalue weighted by atomic mass is 10.1. The number of amides is 1. The summed E-state index contributed by atoms with van der Waals surface area (Å²) in [6.07, 6.45) is 0. The zero-order valence-electron chi connectivity index (χ0n) is 10.8. The average Bonchev–Trinajstić information content (AvgIpc) is 2.75. The molecule has 4 nitrogen and oxygen atoms in total. The van der Waals surface area contributed by atoms with Gasteiger partial charge in [0.25, 0.3) is 0 Å². The smallest absolute Gasteiger partial charge is 0.221 e. The third kappa shape index (κ3) is 3.86. The van der Waals surface area contributed by atoms with Crippen molar-refractivity contribution >= 4 is 33.2 Å². The van der Waals surface area contributed by atoms with E-state index in [1.807, 2.05) is 37.3 Å². The lowest BCUT2D eigenvalue weighted by molar-refractivity contribution is -0.114. The lowest BCUT2D eigenvalue weighted by Gasteiger charge is -2.10. The summed E-state index contributed by atoms with van der Waals surface area (Å²) in [4.78, 5) is 11.1. The maximum absolute atomic E-state index is 11.1. The fourth-order valence-electron chi connectivity index (χ4n) is 1.69. The molecule has 2 rings (SSSR count). The van der Waals surface area contributed by atoms with E-state index in [2.05, 4.69) is 26.6 Å². The van der Waals surface area contributed by atoms with Gasteiger partial charge in [-0.15, -0.1) is 0 Å². The normalized spacial score (nSPS) is 10.3. The van der Waals surface area contributed by atoms with Gasteiger partial charge in [0.05, 0.1) is 6.54 Å². The number of rotatable bonds is 4. The molecule has 0 radical (unpaired) electrons. The van der Waals surface area contributed by atoms with Crippen molar-refractivity contribution < 1.29 is 9.21 Å². The molecule has 19 heavy (non-hydrogen) atoms. The molecule has 0 saturated carbocycles. The fourth-order valence-corrected chi connectivity index (χ4v) is 2.03. The van der Waals surface area contributed by atoms with Gasteiger partial charge in [-0.25, -0.2) is 0 Å². The second kappa shape index (κ2) is 5.93. The summed E-state index contributed by atoms with van der Waals surface area (Å²) in [5, 5.41) is 6.06. The number of carbonyl (C=O) groups is 1. The second-order valence-corrected chi connectivity index (χ2v) is 5.05. The van der Waals surface area contributed by atoms with Crippen molar-refractivity contribution in [3.8, 4) is 0 Å². The van der Waals surface area contributed by atoms with Crippen molar-refractivity contribution in [1.29, 1.82) is 0 Å². The molecule has 1 heterocycles. The number of anilines is 2. The molecule has 0 atom stereocenters. The number of carbonyl (C=O) groups excluding carboxylic acids is 1. The van der Waals surface area contributed by atoms with E-state index < -0.39 is 0 Å². The Morgan fingerprint density at radius 1 is 1.32 bits per heavy atom. The van der Waals surface area contributed by atoms with Crippen LogP contribution in [0.25, 0.3) is 0 Å². The number of hydrogen-bond donors (Lipinski definition) is 2. The van der Waals surface area contributed by atoms with Crippen LogP contribution in [0.15, 0.2) is 39.4 Å². The standard InChI is InChI=1S/C14H15BrN2O2/c1-9-3-4-11(7-13(9)17-10(2)18)16-8-12-5-6-14(15)19-12/h3-7,16H,8H2,1-2H3,(H,17,18). The van der Waals surface area contributed by atoms with Gasteiger partial charge in [-0.05, 0) is 52.7 Å². The summed E-state index contributed by atoms with van der Waals surface area (Å²) in [6, 6.07) is 9.61. The average molecular weight is 323 g/mol. The number of hydrogen-bond acceptors (Lipinski definition) is 3. The zero-order chi connectivity index (χ0) is 13.8. The Balaban J connectivity index is 2.06. The first-order chi connectivity index (χ1) is 9.04. The lowest BCUT2D eigenvalue weighted by Crippen LogP contribution is -2.08. The Kier molecular flexibility index (Phi) is 4.27. The minimum absolute atomic E-state index is 0.0739. The van der Waals surface area contributed by atoms with Gasteiger partial charge < -0.3 is 15.1 Å². The monoisotopic (exact) mass is 322 g/mol. The second-order valence-electron chi connectivity index (χ2n) is 4.27.